The van der Waals surface area contributed by atoms with Crippen LogP contribution < -0.4 is 4.74 Å². The molecule has 8 heteroatoms. The molecule has 3 aromatic rings. The number of carbonyl (C=O) groups is 1. The van der Waals surface area contributed by atoms with E-state index in [1.165, 1.54) is 5.56 Å². The monoisotopic (exact) mass is 526 g/mol. The Kier molecular flexibility index (Phi) is 7.65. The van der Waals surface area contributed by atoms with Crippen LogP contribution in [0, 0.1) is 5.41 Å². The Morgan fingerprint density at radius 2 is 1.86 bits per heavy atom. The van der Waals surface area contributed by atoms with Gasteiger partial charge in [0.05, 0.1) is 25.2 Å². The smallest absolute Gasteiger partial charge is 0.410 e. The zero-order valence-electron chi connectivity index (χ0n) is 21.2. The number of hydrogen-bond donors (Lipinski definition) is 3. The molecule has 1 aliphatic carbocycles. The SMILES string of the molecule is CCC(CO)(CO)COc1ccc([C@H]2c3[nH]c4ccc(Cl)cc4c3CCN2C(=O)OC2CCCC2)cc1. The number of hydrogen-bond acceptors (Lipinski definition) is 5. The molecule has 3 N–H and O–H groups in total. The van der Waals surface area contributed by atoms with Crippen LogP contribution >= 0.6 is 11.6 Å². The lowest BCUT2D eigenvalue weighted by molar-refractivity contribution is 0.0114. The molecule has 1 saturated carbocycles. The number of fused-ring (bicyclic) bond motifs is 3. The Morgan fingerprint density at radius 3 is 2.54 bits per heavy atom. The third kappa shape index (κ3) is 5.17. The van der Waals surface area contributed by atoms with E-state index in [-0.39, 0.29) is 38.1 Å². The maximum absolute atomic E-state index is 13.4. The summed E-state index contributed by atoms with van der Waals surface area (Å²) >= 11 is 6.31. The van der Waals surface area contributed by atoms with E-state index in [1.54, 1.807) is 0 Å². The van der Waals surface area contributed by atoms with Gasteiger partial charge in [0.1, 0.15) is 17.9 Å². The zero-order chi connectivity index (χ0) is 26.0. The highest BCUT2D eigenvalue weighted by atomic mass is 35.5. The molecule has 2 aromatic carbocycles. The second-order valence-electron chi connectivity index (χ2n) is 10.4. The number of nitrogens with one attached hydrogen (secondary N) is 1. The van der Waals surface area contributed by atoms with Crippen molar-refractivity contribution in [2.24, 2.45) is 5.41 Å². The molecule has 37 heavy (non-hydrogen) atoms. The quantitative estimate of drug-likeness (QED) is 0.355. The van der Waals surface area contributed by atoms with E-state index in [1.807, 2.05) is 54.3 Å². The summed E-state index contributed by atoms with van der Waals surface area (Å²) in [6.07, 6.45) is 5.08. The number of H-pyrrole nitrogens is 1. The zero-order valence-corrected chi connectivity index (χ0v) is 22.0. The number of rotatable bonds is 8. The first kappa shape index (κ1) is 25.9. The fourth-order valence-electron chi connectivity index (χ4n) is 5.47. The number of aromatic amines is 1. The maximum Gasteiger partial charge on any atom is 0.410 e. The lowest BCUT2D eigenvalue weighted by Crippen LogP contribution is -2.42. The fourth-order valence-corrected chi connectivity index (χ4v) is 5.64. The Morgan fingerprint density at radius 1 is 1.14 bits per heavy atom. The molecule has 0 saturated heterocycles. The van der Waals surface area contributed by atoms with E-state index >= 15 is 0 Å². The lowest BCUT2D eigenvalue weighted by atomic mass is 9.88. The molecular weight excluding hydrogens is 492 g/mol. The molecule has 1 aromatic heterocycles. The van der Waals surface area contributed by atoms with Crippen LogP contribution in [0.25, 0.3) is 10.9 Å². The Balaban J connectivity index is 1.45. The highest BCUT2D eigenvalue weighted by Crippen LogP contribution is 2.40. The number of aromatic nitrogens is 1. The number of ether oxygens (including phenoxy) is 2. The number of aliphatic hydroxyl groups excluding tert-OH is 2. The first-order valence-corrected chi connectivity index (χ1v) is 13.6. The van der Waals surface area contributed by atoms with Gasteiger partial charge in [-0.15, -0.1) is 0 Å². The van der Waals surface area contributed by atoms with Gasteiger partial charge in [0.15, 0.2) is 0 Å². The molecule has 5 rings (SSSR count). The van der Waals surface area contributed by atoms with Crippen LogP contribution in [0.5, 0.6) is 5.75 Å². The minimum atomic E-state index is -0.677. The third-order valence-corrected chi connectivity index (χ3v) is 8.29. The summed E-state index contributed by atoms with van der Waals surface area (Å²) in [5, 5.41) is 21.2. The van der Waals surface area contributed by atoms with Crippen molar-refractivity contribution in [3.05, 3.63) is 64.3 Å². The van der Waals surface area contributed by atoms with Crippen molar-refractivity contribution in [2.45, 2.75) is 57.6 Å². The molecule has 2 aliphatic rings. The van der Waals surface area contributed by atoms with Gasteiger partial charge in [-0.3, -0.25) is 4.90 Å². The molecule has 7 nitrogen and oxygen atoms in total. The van der Waals surface area contributed by atoms with Crippen LogP contribution in [0.3, 0.4) is 0 Å². The number of amides is 1. The Hall–Kier alpha value is -2.74. The minimum absolute atomic E-state index is 0.0104. The van der Waals surface area contributed by atoms with Gasteiger partial charge in [-0.1, -0.05) is 30.7 Å². The van der Waals surface area contributed by atoms with Crippen LogP contribution in [-0.4, -0.2) is 58.7 Å². The van der Waals surface area contributed by atoms with Crippen LogP contribution in [0.2, 0.25) is 5.02 Å². The normalized spacial score (nSPS) is 18.3. The molecule has 0 unspecified atom stereocenters. The maximum atomic E-state index is 13.4. The van der Waals surface area contributed by atoms with Crippen molar-refractivity contribution in [3.63, 3.8) is 0 Å². The van der Waals surface area contributed by atoms with Crippen LogP contribution in [0.4, 0.5) is 4.79 Å². The summed E-state index contributed by atoms with van der Waals surface area (Å²) in [6.45, 7) is 2.39. The average Bonchev–Trinajstić information content (AvgIpc) is 3.57. The number of nitrogens with zero attached hydrogens (tertiary/aromatic N) is 1. The number of benzene rings is 2. The molecule has 1 fully saturated rings. The van der Waals surface area contributed by atoms with Crippen molar-refractivity contribution in [1.29, 1.82) is 0 Å². The second kappa shape index (κ2) is 10.9. The number of halogens is 1. The number of carbonyl (C=O) groups excluding carboxylic acids is 1. The van der Waals surface area contributed by atoms with E-state index in [4.69, 9.17) is 21.1 Å². The lowest BCUT2D eigenvalue weighted by Gasteiger charge is -2.36. The van der Waals surface area contributed by atoms with Crippen molar-refractivity contribution >= 4 is 28.6 Å². The molecule has 0 bridgehead atoms. The second-order valence-corrected chi connectivity index (χ2v) is 10.8. The molecular formula is C29H35ClN2O5. The molecule has 1 amide bonds. The number of aliphatic hydroxyl groups is 2. The minimum Gasteiger partial charge on any atom is -0.493 e. The van der Waals surface area contributed by atoms with Gasteiger partial charge in [0, 0.05) is 28.2 Å². The van der Waals surface area contributed by atoms with E-state index in [9.17, 15) is 15.0 Å². The largest absolute Gasteiger partial charge is 0.493 e. The first-order valence-electron chi connectivity index (χ1n) is 13.2. The first-order chi connectivity index (χ1) is 18.0. The standard InChI is InChI=1S/C29H35ClN2O5/c1-2-29(16-33,17-34)18-36-21-10-7-19(8-11-21)27-26-23(24-15-20(30)9-12-25(24)31-26)13-14-32(27)28(35)37-22-5-3-4-6-22/h7-12,15,22,27,31,33-34H,2-6,13-14,16-18H2,1H3/t27-/m0/s1. The van der Waals surface area contributed by atoms with Crippen molar-refractivity contribution < 1.29 is 24.5 Å². The molecule has 1 aliphatic heterocycles. The topological polar surface area (TPSA) is 95.0 Å². The van der Waals surface area contributed by atoms with Crippen LogP contribution in [0.1, 0.15) is 61.9 Å². The molecule has 2 heterocycles. The summed E-state index contributed by atoms with van der Waals surface area (Å²) in [7, 11) is 0. The summed E-state index contributed by atoms with van der Waals surface area (Å²) in [5.41, 5.74) is 3.41. The highest BCUT2D eigenvalue weighted by Gasteiger charge is 2.37. The van der Waals surface area contributed by atoms with Crippen LogP contribution in [-0.2, 0) is 11.2 Å². The summed E-state index contributed by atoms with van der Waals surface area (Å²) in [5.74, 6) is 0.642. The predicted molar refractivity (Wildman–Crippen MR) is 143 cm³/mol. The summed E-state index contributed by atoms with van der Waals surface area (Å²) in [4.78, 5) is 18.8. The summed E-state index contributed by atoms with van der Waals surface area (Å²) < 4.78 is 11.9. The molecule has 1 atom stereocenters. The van der Waals surface area contributed by atoms with Gasteiger partial charge in [0.2, 0.25) is 0 Å². The highest BCUT2D eigenvalue weighted by molar-refractivity contribution is 6.31. The van der Waals surface area contributed by atoms with Gasteiger partial charge >= 0.3 is 6.09 Å². The van der Waals surface area contributed by atoms with Gasteiger partial charge in [-0.25, -0.2) is 4.79 Å². The van der Waals surface area contributed by atoms with E-state index < -0.39 is 5.41 Å². The fraction of sp³-hybridized carbons (Fsp3) is 0.483. The molecule has 0 radical (unpaired) electrons. The van der Waals surface area contributed by atoms with Gasteiger partial charge in [-0.05, 0) is 80.0 Å². The van der Waals surface area contributed by atoms with E-state index in [0.717, 1.165) is 47.8 Å². The average molecular weight is 527 g/mol. The van der Waals surface area contributed by atoms with Gasteiger partial charge in [-0.2, -0.15) is 0 Å². The third-order valence-electron chi connectivity index (χ3n) is 8.05. The van der Waals surface area contributed by atoms with E-state index in [0.29, 0.717) is 30.2 Å². The van der Waals surface area contributed by atoms with Crippen molar-refractivity contribution in [3.8, 4) is 5.75 Å². The van der Waals surface area contributed by atoms with Gasteiger partial charge in [0.25, 0.3) is 0 Å². The summed E-state index contributed by atoms with van der Waals surface area (Å²) in [6, 6.07) is 13.2. The van der Waals surface area contributed by atoms with Gasteiger partial charge < -0.3 is 24.7 Å². The Bertz CT molecular complexity index is 1220. The molecule has 0 spiro atoms. The Labute approximate surface area is 222 Å². The van der Waals surface area contributed by atoms with Crippen molar-refractivity contribution in [2.75, 3.05) is 26.4 Å². The van der Waals surface area contributed by atoms with Crippen LogP contribution in [0.15, 0.2) is 42.5 Å². The van der Waals surface area contributed by atoms with Crippen molar-refractivity contribution in [1.82, 2.24) is 9.88 Å². The van der Waals surface area contributed by atoms with E-state index in [2.05, 4.69) is 4.98 Å². The predicted octanol–water partition coefficient (Wildman–Crippen LogP) is 5.61. The molecule has 198 valence electrons.